The van der Waals surface area contributed by atoms with Crippen molar-refractivity contribution in [3.63, 3.8) is 0 Å². The van der Waals surface area contributed by atoms with Gasteiger partial charge in [0, 0.05) is 43.6 Å². The number of methoxy groups -OCH3 is 2. The highest BCUT2D eigenvalue weighted by Crippen LogP contribution is 2.29. The molecule has 0 atom stereocenters. The van der Waals surface area contributed by atoms with Crippen molar-refractivity contribution in [3.05, 3.63) is 59.2 Å². The highest BCUT2D eigenvalue weighted by Gasteiger charge is 2.33. The smallest absolute Gasteiger partial charge is 0.410 e. The first-order valence-electron chi connectivity index (χ1n) is 16.6. The Morgan fingerprint density at radius 1 is 0.712 bits per heavy atom. The zero-order valence-corrected chi connectivity index (χ0v) is 31.9. The van der Waals surface area contributed by atoms with Crippen LogP contribution in [0.3, 0.4) is 0 Å². The molecule has 2 amide bonds. The number of nitrogens with two attached hydrogens (primary N) is 1. The third-order valence-corrected chi connectivity index (χ3v) is 8.07. The van der Waals surface area contributed by atoms with E-state index in [0.717, 1.165) is 0 Å². The molecule has 4 rings (SSSR count). The fourth-order valence-electron chi connectivity index (χ4n) is 5.61. The van der Waals surface area contributed by atoms with Gasteiger partial charge in [-0.05, 0) is 91.5 Å². The minimum atomic E-state index is -0.625. The maximum absolute atomic E-state index is 14.5. The number of rotatable bonds is 6. The summed E-state index contributed by atoms with van der Waals surface area (Å²) in [5, 5.41) is 19.3. The number of nitrogens with zero attached hydrogens (tertiary/aromatic N) is 3. The molecule has 0 saturated carbocycles. The van der Waals surface area contributed by atoms with Crippen LogP contribution in [-0.2, 0) is 9.47 Å². The second-order valence-corrected chi connectivity index (χ2v) is 14.0. The summed E-state index contributed by atoms with van der Waals surface area (Å²) < 4.78 is 49.3. The molecule has 0 radical (unpaired) electrons. The number of hydrogen-bond acceptors (Lipinski definition) is 11. The molecule has 0 aromatic heterocycles. The predicted octanol–water partition coefficient (Wildman–Crippen LogP) is 7.08. The Kier molecular flexibility index (Phi) is 18.3. The lowest BCUT2D eigenvalue weighted by atomic mass is 9.88. The quantitative estimate of drug-likeness (QED) is 0.120. The summed E-state index contributed by atoms with van der Waals surface area (Å²) >= 11 is 0. The number of ether oxygens (including phenoxy) is 4. The van der Waals surface area contributed by atoms with Crippen molar-refractivity contribution in [1.29, 1.82) is 0 Å². The topological polar surface area (TPSA) is 173 Å². The molecule has 2 aliphatic rings. The summed E-state index contributed by atoms with van der Waals surface area (Å²) in [5.41, 5.74) is -0.550. The molecule has 0 aliphatic carbocycles. The molecule has 0 bridgehead atoms. The standard InChI is InChI=1S/C18H25FN2O4.C18H24FNO4.ClH.H3NO/c1-18(2,3)25-17(22)21-10-8-12(9-11-21)16(20-23)13-6-5-7-14(24-4)15(13)19;1-18(2,3)24-17(22)20-10-8-12(9-11-20)16(21)13-6-5-7-14(23-4)15(13)19;;1-2/h5-7,12,23H,8-11H2,1-4H3;5-7,12H,8-11H2,1-4H3;1H;2H,1H2. The lowest BCUT2D eigenvalue weighted by Crippen LogP contribution is -2.43. The van der Waals surface area contributed by atoms with Crippen LogP contribution in [0.2, 0.25) is 0 Å². The number of hydrogen-bond donors (Lipinski definition) is 3. The Hall–Kier alpha value is -4.21. The number of likely N-dealkylation sites (tertiary alicyclic amines) is 2. The second kappa shape index (κ2) is 20.7. The first-order chi connectivity index (χ1) is 24.0. The zero-order chi connectivity index (χ0) is 38.5. The van der Waals surface area contributed by atoms with Gasteiger partial charge in [-0.25, -0.2) is 24.3 Å². The van der Waals surface area contributed by atoms with Gasteiger partial charge in [0.1, 0.15) is 11.2 Å². The van der Waals surface area contributed by atoms with Gasteiger partial charge in [0.25, 0.3) is 0 Å². The fraction of sp³-hybridized carbons (Fsp3) is 0.556. The number of carbonyl (C=O) groups is 3. The molecular formula is C36H53ClF2N4O9. The summed E-state index contributed by atoms with van der Waals surface area (Å²) in [4.78, 5) is 39.9. The number of oxime groups is 1. The molecule has 292 valence electrons. The Labute approximate surface area is 310 Å². The maximum atomic E-state index is 14.5. The predicted molar refractivity (Wildman–Crippen MR) is 193 cm³/mol. The molecule has 0 spiro atoms. The molecule has 16 heteroatoms. The van der Waals surface area contributed by atoms with Crippen molar-refractivity contribution in [2.24, 2.45) is 22.9 Å². The van der Waals surface area contributed by atoms with Crippen LogP contribution in [0.25, 0.3) is 0 Å². The van der Waals surface area contributed by atoms with Crippen molar-refractivity contribution in [3.8, 4) is 11.5 Å². The third kappa shape index (κ3) is 13.1. The Bertz CT molecular complexity index is 1500. The number of Topliss-reactive ketones (excluding diaryl/α,β-unsaturated/α-hetero) is 1. The van der Waals surface area contributed by atoms with Gasteiger partial charge in [0.05, 0.1) is 25.5 Å². The largest absolute Gasteiger partial charge is 0.494 e. The van der Waals surface area contributed by atoms with Crippen LogP contribution in [-0.4, -0.2) is 95.5 Å². The highest BCUT2D eigenvalue weighted by molar-refractivity contribution is 6.02. The molecular weight excluding hydrogens is 706 g/mol. The van der Waals surface area contributed by atoms with Gasteiger partial charge >= 0.3 is 12.2 Å². The van der Waals surface area contributed by atoms with Gasteiger partial charge in [0.15, 0.2) is 28.9 Å². The maximum Gasteiger partial charge on any atom is 0.410 e. The fourth-order valence-corrected chi connectivity index (χ4v) is 5.61. The van der Waals surface area contributed by atoms with Crippen molar-refractivity contribution in [2.45, 2.75) is 78.4 Å². The summed E-state index contributed by atoms with van der Waals surface area (Å²) in [6, 6.07) is 9.28. The minimum absolute atomic E-state index is 0. The Balaban J connectivity index is 0.000000488. The zero-order valence-electron chi connectivity index (χ0n) is 31.1. The van der Waals surface area contributed by atoms with Crippen LogP contribution in [0.15, 0.2) is 41.6 Å². The van der Waals surface area contributed by atoms with E-state index in [4.69, 9.17) is 24.2 Å². The van der Waals surface area contributed by atoms with Crippen molar-refractivity contribution >= 4 is 36.1 Å². The molecule has 2 fully saturated rings. The highest BCUT2D eigenvalue weighted by atomic mass is 35.5. The van der Waals surface area contributed by atoms with Gasteiger partial charge in [-0.1, -0.05) is 17.3 Å². The Morgan fingerprint density at radius 2 is 1.08 bits per heavy atom. The van der Waals surface area contributed by atoms with Crippen molar-refractivity contribution in [2.75, 3.05) is 40.4 Å². The van der Waals surface area contributed by atoms with E-state index in [2.05, 4.69) is 11.1 Å². The monoisotopic (exact) mass is 758 g/mol. The molecule has 4 N–H and O–H groups in total. The number of piperidine rings is 2. The lowest BCUT2D eigenvalue weighted by molar-refractivity contribution is 0.0178. The van der Waals surface area contributed by atoms with E-state index in [1.807, 2.05) is 41.5 Å². The molecule has 2 saturated heterocycles. The minimum Gasteiger partial charge on any atom is -0.494 e. The normalized spacial score (nSPS) is 15.5. The van der Waals surface area contributed by atoms with E-state index in [1.165, 1.54) is 32.4 Å². The third-order valence-electron chi connectivity index (χ3n) is 8.07. The summed E-state index contributed by atoms with van der Waals surface area (Å²) in [5.74, 6) is 1.80. The van der Waals surface area contributed by atoms with Crippen molar-refractivity contribution in [1.82, 2.24) is 9.80 Å². The first-order valence-corrected chi connectivity index (χ1v) is 16.6. The number of benzene rings is 2. The average Bonchev–Trinajstić information content (AvgIpc) is 3.09. The molecule has 52 heavy (non-hydrogen) atoms. The van der Waals surface area contributed by atoms with E-state index in [1.54, 1.807) is 28.0 Å². The summed E-state index contributed by atoms with van der Waals surface area (Å²) in [6.45, 7) is 12.7. The number of halogens is 3. The molecule has 2 aromatic rings. The van der Waals surface area contributed by atoms with E-state index in [-0.39, 0.29) is 70.6 Å². The van der Waals surface area contributed by atoms with E-state index in [0.29, 0.717) is 51.9 Å². The van der Waals surface area contributed by atoms with E-state index >= 15 is 0 Å². The first kappa shape index (κ1) is 45.8. The van der Waals surface area contributed by atoms with Gasteiger partial charge in [0.2, 0.25) is 0 Å². The van der Waals surface area contributed by atoms with Crippen LogP contribution in [0, 0.1) is 23.5 Å². The summed E-state index contributed by atoms with van der Waals surface area (Å²) in [6.07, 6.45) is 1.38. The average molecular weight is 759 g/mol. The lowest BCUT2D eigenvalue weighted by Gasteiger charge is -2.33. The number of ketones is 1. The van der Waals surface area contributed by atoms with E-state index < -0.39 is 22.8 Å². The molecule has 0 unspecified atom stereocenters. The van der Waals surface area contributed by atoms with Crippen LogP contribution < -0.4 is 15.4 Å². The van der Waals surface area contributed by atoms with Crippen LogP contribution >= 0.6 is 12.4 Å². The van der Waals surface area contributed by atoms with Crippen LogP contribution in [0.4, 0.5) is 18.4 Å². The van der Waals surface area contributed by atoms with E-state index in [9.17, 15) is 28.4 Å². The number of amides is 2. The van der Waals surface area contributed by atoms with Crippen LogP contribution in [0.5, 0.6) is 11.5 Å². The molecule has 2 aliphatic heterocycles. The van der Waals surface area contributed by atoms with Gasteiger partial charge < -0.3 is 39.2 Å². The van der Waals surface area contributed by atoms with Gasteiger partial charge in [-0.3, -0.25) is 4.79 Å². The molecule has 2 heterocycles. The van der Waals surface area contributed by atoms with Gasteiger partial charge in [-0.15, -0.1) is 12.4 Å². The summed E-state index contributed by atoms with van der Waals surface area (Å²) in [7, 11) is 2.75. The molecule has 13 nitrogen and oxygen atoms in total. The second-order valence-electron chi connectivity index (χ2n) is 14.0. The number of carbonyl (C=O) groups excluding carboxylic acids is 3. The molecule has 2 aromatic carbocycles. The van der Waals surface area contributed by atoms with Crippen LogP contribution in [0.1, 0.15) is 83.1 Å². The van der Waals surface area contributed by atoms with Crippen molar-refractivity contribution < 1.29 is 52.5 Å². The Morgan fingerprint density at radius 3 is 1.44 bits per heavy atom. The van der Waals surface area contributed by atoms with Gasteiger partial charge in [-0.2, -0.15) is 0 Å². The SMILES string of the molecule is COc1cccc(C(=NO)C2CCN(C(=O)OC(C)(C)C)CC2)c1F.COc1cccc(C(=O)C2CCN(C(=O)OC(C)(C)C)CC2)c1F.Cl.NO.